The van der Waals surface area contributed by atoms with Gasteiger partial charge in [0.25, 0.3) is 0 Å². The van der Waals surface area contributed by atoms with E-state index in [9.17, 15) is 0 Å². The average Bonchev–Trinajstić information content (AvgIpc) is 2.82. The van der Waals surface area contributed by atoms with Crippen molar-refractivity contribution >= 4 is 11.6 Å². The highest BCUT2D eigenvalue weighted by molar-refractivity contribution is 6.21. The molecular weight excluding hydrogens is 204 g/mol. The molecule has 0 aliphatic heterocycles. The zero-order valence-electron chi connectivity index (χ0n) is 9.22. The summed E-state index contributed by atoms with van der Waals surface area (Å²) in [5.74, 6) is 0. The standard InChI is InChI=1S/C14H17Cl/c1-14(7-8-14)13(15)12-6-5-10-3-2-4-11(10)9-12/h5-6,9,13H,2-4,7-8H2,1H3. The Kier molecular flexibility index (Phi) is 2.10. The van der Waals surface area contributed by atoms with Crippen LogP contribution in [0, 0.1) is 5.41 Å². The minimum atomic E-state index is 0.225. The molecule has 1 aromatic carbocycles. The maximum atomic E-state index is 6.55. The number of hydrogen-bond donors (Lipinski definition) is 0. The molecule has 2 aliphatic rings. The summed E-state index contributed by atoms with van der Waals surface area (Å²) < 4.78 is 0. The Labute approximate surface area is 96.6 Å². The molecule has 0 nitrogen and oxygen atoms in total. The third kappa shape index (κ3) is 1.59. The van der Waals surface area contributed by atoms with Crippen LogP contribution in [0.1, 0.15) is 48.3 Å². The highest BCUT2D eigenvalue weighted by Crippen LogP contribution is 2.57. The molecule has 1 heteroatoms. The molecule has 0 radical (unpaired) electrons. The molecule has 0 aromatic heterocycles. The van der Waals surface area contributed by atoms with Gasteiger partial charge in [-0.2, -0.15) is 0 Å². The zero-order valence-corrected chi connectivity index (χ0v) is 9.98. The van der Waals surface area contributed by atoms with Gasteiger partial charge in [0, 0.05) is 0 Å². The first kappa shape index (κ1) is 9.72. The van der Waals surface area contributed by atoms with E-state index in [4.69, 9.17) is 11.6 Å². The van der Waals surface area contributed by atoms with Crippen molar-refractivity contribution in [3.63, 3.8) is 0 Å². The van der Waals surface area contributed by atoms with Gasteiger partial charge in [0.2, 0.25) is 0 Å². The summed E-state index contributed by atoms with van der Waals surface area (Å²) in [6.45, 7) is 2.30. The molecule has 2 aliphatic carbocycles. The summed E-state index contributed by atoms with van der Waals surface area (Å²) in [6.07, 6.45) is 6.42. The highest BCUT2D eigenvalue weighted by atomic mass is 35.5. The van der Waals surface area contributed by atoms with Crippen LogP contribution in [0.15, 0.2) is 18.2 Å². The Balaban J connectivity index is 1.92. The summed E-state index contributed by atoms with van der Waals surface area (Å²) in [5.41, 5.74) is 4.82. The van der Waals surface area contributed by atoms with Crippen LogP contribution in [-0.2, 0) is 12.8 Å². The van der Waals surface area contributed by atoms with Crippen LogP contribution in [0.5, 0.6) is 0 Å². The third-order valence-corrected chi connectivity index (χ3v) is 4.84. The van der Waals surface area contributed by atoms with Crippen LogP contribution >= 0.6 is 11.6 Å². The van der Waals surface area contributed by atoms with Gasteiger partial charge in [-0.25, -0.2) is 0 Å². The van der Waals surface area contributed by atoms with E-state index in [0.717, 1.165) is 0 Å². The van der Waals surface area contributed by atoms with Crippen LogP contribution in [0.25, 0.3) is 0 Å². The number of aryl methyl sites for hydroxylation is 2. The first-order valence-electron chi connectivity index (χ1n) is 5.95. The molecule has 1 unspecified atom stereocenters. The predicted octanol–water partition coefficient (Wildman–Crippen LogP) is 4.26. The summed E-state index contributed by atoms with van der Waals surface area (Å²) in [6, 6.07) is 6.88. The summed E-state index contributed by atoms with van der Waals surface area (Å²) in [4.78, 5) is 0. The lowest BCUT2D eigenvalue weighted by Gasteiger charge is -2.17. The van der Waals surface area contributed by atoms with Crippen molar-refractivity contribution in [3.05, 3.63) is 34.9 Å². The molecular formula is C14H17Cl. The molecule has 1 atom stereocenters. The summed E-state index contributed by atoms with van der Waals surface area (Å²) in [5, 5.41) is 0.225. The molecule has 0 heterocycles. The highest BCUT2D eigenvalue weighted by Gasteiger charge is 2.44. The van der Waals surface area contributed by atoms with Crippen molar-refractivity contribution in [2.75, 3.05) is 0 Å². The van der Waals surface area contributed by atoms with E-state index in [0.29, 0.717) is 5.41 Å². The molecule has 0 spiro atoms. The minimum Gasteiger partial charge on any atom is -0.117 e. The number of halogens is 1. The Hall–Kier alpha value is -0.490. The molecule has 1 fully saturated rings. The van der Waals surface area contributed by atoms with Gasteiger partial charge in [-0.3, -0.25) is 0 Å². The van der Waals surface area contributed by atoms with Crippen molar-refractivity contribution in [3.8, 4) is 0 Å². The second kappa shape index (κ2) is 3.25. The van der Waals surface area contributed by atoms with E-state index in [1.807, 2.05) is 0 Å². The predicted molar refractivity (Wildman–Crippen MR) is 64.4 cm³/mol. The molecule has 0 saturated heterocycles. The minimum absolute atomic E-state index is 0.225. The SMILES string of the molecule is CC1(C(Cl)c2ccc3c(c2)CCC3)CC1. The lowest BCUT2D eigenvalue weighted by molar-refractivity contribution is 0.549. The second-order valence-corrected chi connectivity index (χ2v) is 5.83. The molecule has 15 heavy (non-hydrogen) atoms. The van der Waals surface area contributed by atoms with E-state index in [2.05, 4.69) is 25.1 Å². The van der Waals surface area contributed by atoms with E-state index < -0.39 is 0 Å². The van der Waals surface area contributed by atoms with Gasteiger partial charge < -0.3 is 0 Å². The number of rotatable bonds is 2. The number of fused-ring (bicyclic) bond motifs is 1. The molecule has 0 bridgehead atoms. The molecule has 0 N–H and O–H groups in total. The van der Waals surface area contributed by atoms with E-state index in [1.54, 1.807) is 11.1 Å². The fourth-order valence-corrected chi connectivity index (χ4v) is 2.96. The number of alkyl halides is 1. The van der Waals surface area contributed by atoms with Gasteiger partial charge in [0.05, 0.1) is 5.38 Å². The van der Waals surface area contributed by atoms with Crippen LogP contribution < -0.4 is 0 Å². The monoisotopic (exact) mass is 220 g/mol. The maximum Gasteiger partial charge on any atom is 0.0638 e. The molecule has 1 aromatic rings. The molecule has 0 amide bonds. The zero-order chi connectivity index (χ0) is 10.5. The Bertz CT molecular complexity index is 390. The van der Waals surface area contributed by atoms with Gasteiger partial charge in [-0.05, 0) is 54.2 Å². The second-order valence-electron chi connectivity index (χ2n) is 5.40. The van der Waals surface area contributed by atoms with Crippen molar-refractivity contribution in [1.82, 2.24) is 0 Å². The smallest absolute Gasteiger partial charge is 0.0638 e. The van der Waals surface area contributed by atoms with Crippen molar-refractivity contribution in [2.45, 2.75) is 44.4 Å². The van der Waals surface area contributed by atoms with Gasteiger partial charge >= 0.3 is 0 Å². The van der Waals surface area contributed by atoms with Gasteiger partial charge in [-0.15, -0.1) is 11.6 Å². The van der Waals surface area contributed by atoms with Crippen LogP contribution in [0.2, 0.25) is 0 Å². The quantitative estimate of drug-likeness (QED) is 0.654. The van der Waals surface area contributed by atoms with Crippen molar-refractivity contribution in [1.29, 1.82) is 0 Å². The van der Waals surface area contributed by atoms with Crippen molar-refractivity contribution in [2.24, 2.45) is 5.41 Å². The Morgan fingerprint density at radius 3 is 2.67 bits per heavy atom. The Morgan fingerprint density at radius 1 is 1.20 bits per heavy atom. The fourth-order valence-electron chi connectivity index (χ4n) is 2.60. The van der Waals surface area contributed by atoms with Gasteiger partial charge in [0.15, 0.2) is 0 Å². The van der Waals surface area contributed by atoms with Crippen LogP contribution in [0.3, 0.4) is 0 Å². The van der Waals surface area contributed by atoms with E-state index in [1.165, 1.54) is 37.7 Å². The summed E-state index contributed by atoms with van der Waals surface area (Å²) >= 11 is 6.55. The van der Waals surface area contributed by atoms with E-state index in [-0.39, 0.29) is 5.38 Å². The topological polar surface area (TPSA) is 0 Å². The molecule has 80 valence electrons. The normalized spacial score (nSPS) is 23.6. The fraction of sp³-hybridized carbons (Fsp3) is 0.571. The van der Waals surface area contributed by atoms with Crippen LogP contribution in [-0.4, -0.2) is 0 Å². The average molecular weight is 221 g/mol. The van der Waals surface area contributed by atoms with Gasteiger partial charge in [-0.1, -0.05) is 25.1 Å². The molecule has 1 saturated carbocycles. The first-order valence-corrected chi connectivity index (χ1v) is 6.38. The molecule has 3 rings (SSSR count). The maximum absolute atomic E-state index is 6.55. The van der Waals surface area contributed by atoms with Gasteiger partial charge in [0.1, 0.15) is 0 Å². The van der Waals surface area contributed by atoms with E-state index >= 15 is 0 Å². The number of hydrogen-bond acceptors (Lipinski definition) is 0. The first-order chi connectivity index (χ1) is 7.19. The third-order valence-electron chi connectivity index (χ3n) is 4.07. The Morgan fingerprint density at radius 2 is 1.93 bits per heavy atom. The van der Waals surface area contributed by atoms with Crippen molar-refractivity contribution < 1.29 is 0 Å². The largest absolute Gasteiger partial charge is 0.117 e. The summed E-state index contributed by atoms with van der Waals surface area (Å²) in [7, 11) is 0. The lowest BCUT2D eigenvalue weighted by atomic mass is 9.95. The number of benzene rings is 1. The van der Waals surface area contributed by atoms with Crippen LogP contribution in [0.4, 0.5) is 0 Å². The lowest BCUT2D eigenvalue weighted by Crippen LogP contribution is -2.04.